The molecule has 1 aromatic heterocycles. The Kier molecular flexibility index (Phi) is 12.2. The van der Waals surface area contributed by atoms with Crippen LogP contribution in [-0.2, 0) is 10.2 Å². The number of carbonyl (C=O) groups is 1. The summed E-state index contributed by atoms with van der Waals surface area (Å²) in [5, 5.41) is 6.13. The number of rotatable bonds is 1. The van der Waals surface area contributed by atoms with Gasteiger partial charge >= 0.3 is 51.4 Å². The number of benzene rings is 1. The van der Waals surface area contributed by atoms with Crippen LogP contribution in [0.3, 0.4) is 0 Å². The number of nitrogens with zero attached hydrogens (tertiary/aromatic N) is 1. The Bertz CT molecular complexity index is 496. The Labute approximate surface area is 171 Å². The van der Waals surface area contributed by atoms with Crippen molar-refractivity contribution in [2.24, 2.45) is 0 Å². The van der Waals surface area contributed by atoms with E-state index in [4.69, 9.17) is 4.52 Å². The third-order valence-electron chi connectivity index (χ3n) is 2.17. The average Bonchev–Trinajstić information content (AvgIpc) is 2.83. The molecule has 4 nitrogen and oxygen atoms in total. The Hall–Kier alpha value is -0.399. The first-order valence-electron chi connectivity index (χ1n) is 5.96. The molecular weight excluding hydrogens is 290 g/mol. The van der Waals surface area contributed by atoms with Crippen LogP contribution in [0.2, 0.25) is 0 Å². The molecule has 0 spiro atoms. The number of aromatic nitrogens is 1. The van der Waals surface area contributed by atoms with E-state index in [-0.39, 0.29) is 71.1 Å². The first-order valence-corrected chi connectivity index (χ1v) is 5.96. The summed E-state index contributed by atoms with van der Waals surface area (Å²) in [6, 6.07) is 11.7. The van der Waals surface area contributed by atoms with E-state index in [2.05, 4.69) is 43.5 Å². The van der Waals surface area contributed by atoms with Gasteiger partial charge in [-0.05, 0) is 11.2 Å². The van der Waals surface area contributed by atoms with E-state index in [0.29, 0.717) is 0 Å². The minimum Gasteiger partial charge on any atom is -0.470 e. The largest absolute Gasteiger partial charge is 1.00 e. The van der Waals surface area contributed by atoms with E-state index < -0.39 is 0 Å². The fraction of sp³-hybridized carbons (Fsp3) is 0.333. The second kappa shape index (κ2) is 11.2. The van der Waals surface area contributed by atoms with Crippen LogP contribution < -0.4 is 56.7 Å². The molecule has 2 aromatic rings. The molecule has 1 heterocycles. The standard InChI is InChI=1S/C8H8NO.C7H10NO.B.K/c1-7(10)9-8-5-3-2-4-6-8;1-7(2,3)6-4-5-8-9-6;;/h3-6H,1H3,(H,9,10);4H,1-3H3;;/q2*-1;;+1. The maximum Gasteiger partial charge on any atom is 1.00 e. The maximum absolute atomic E-state index is 10.5. The van der Waals surface area contributed by atoms with Gasteiger partial charge in [0.15, 0.2) is 0 Å². The zero-order valence-corrected chi connectivity index (χ0v) is 16.4. The van der Waals surface area contributed by atoms with E-state index in [1.807, 2.05) is 0 Å². The van der Waals surface area contributed by atoms with Crippen LogP contribution in [0.4, 0.5) is 5.69 Å². The zero-order chi connectivity index (χ0) is 14.3. The van der Waals surface area contributed by atoms with Crippen LogP contribution in [0, 0.1) is 12.3 Å². The van der Waals surface area contributed by atoms with E-state index in [1.54, 1.807) is 30.3 Å². The van der Waals surface area contributed by atoms with Crippen molar-refractivity contribution in [2.45, 2.75) is 33.1 Å². The van der Waals surface area contributed by atoms with Gasteiger partial charge in [0.2, 0.25) is 5.91 Å². The first kappa shape index (κ1) is 22.9. The molecule has 0 saturated heterocycles. The van der Waals surface area contributed by atoms with E-state index in [9.17, 15) is 4.79 Å². The van der Waals surface area contributed by atoms with Gasteiger partial charge < -0.3 is 9.84 Å². The van der Waals surface area contributed by atoms with Crippen LogP contribution in [0.15, 0.2) is 34.9 Å². The van der Waals surface area contributed by atoms with Gasteiger partial charge in [-0.3, -0.25) is 4.79 Å². The van der Waals surface area contributed by atoms with Crippen LogP contribution in [-0.4, -0.2) is 19.5 Å². The third kappa shape index (κ3) is 10.0. The van der Waals surface area contributed by atoms with Crippen molar-refractivity contribution in [3.8, 4) is 0 Å². The van der Waals surface area contributed by atoms with Gasteiger partial charge in [0.1, 0.15) is 0 Å². The van der Waals surface area contributed by atoms with Crippen molar-refractivity contribution in [1.82, 2.24) is 5.16 Å². The second-order valence-corrected chi connectivity index (χ2v) is 5.04. The molecule has 105 valence electrons. The van der Waals surface area contributed by atoms with Crippen LogP contribution in [0.5, 0.6) is 0 Å². The van der Waals surface area contributed by atoms with Crippen molar-refractivity contribution in [1.29, 1.82) is 0 Å². The molecule has 0 aliphatic rings. The summed E-state index contributed by atoms with van der Waals surface area (Å²) < 4.78 is 4.89. The molecule has 0 saturated carbocycles. The average molecular weight is 308 g/mol. The molecule has 1 N–H and O–H groups in total. The number of carbonyl (C=O) groups excluding carboxylic acids is 1. The minimum absolute atomic E-state index is 0. The number of hydrogen-bond acceptors (Lipinski definition) is 3. The molecule has 2 rings (SSSR count). The number of nitrogens with one attached hydrogen (secondary N) is 1. The fourth-order valence-electron chi connectivity index (χ4n) is 1.21. The van der Waals surface area contributed by atoms with Gasteiger partial charge in [0, 0.05) is 15.3 Å². The second-order valence-electron chi connectivity index (χ2n) is 5.04. The molecule has 1 amide bonds. The first-order chi connectivity index (χ1) is 8.89. The van der Waals surface area contributed by atoms with Gasteiger partial charge in [-0.25, -0.2) is 5.16 Å². The van der Waals surface area contributed by atoms with Gasteiger partial charge in [-0.15, -0.1) is 18.3 Å². The summed E-state index contributed by atoms with van der Waals surface area (Å²) in [5.41, 5.74) is 0.874. The number of amides is 1. The Balaban J connectivity index is 0. The smallest absolute Gasteiger partial charge is 0.470 e. The molecule has 6 heteroatoms. The Morgan fingerprint density at radius 1 is 1.29 bits per heavy atom. The summed E-state index contributed by atoms with van der Waals surface area (Å²) in [7, 11) is 0. The topological polar surface area (TPSA) is 55.1 Å². The molecule has 0 bridgehead atoms. The van der Waals surface area contributed by atoms with Crippen molar-refractivity contribution < 1.29 is 60.7 Å². The quantitative estimate of drug-likeness (QED) is 0.588. The van der Waals surface area contributed by atoms with Crippen LogP contribution in [0.1, 0.15) is 33.5 Å². The molecule has 21 heavy (non-hydrogen) atoms. The van der Waals surface area contributed by atoms with E-state index in [0.717, 1.165) is 11.4 Å². The molecule has 0 aliphatic heterocycles. The van der Waals surface area contributed by atoms with Gasteiger partial charge in [0.25, 0.3) is 0 Å². The minimum atomic E-state index is -0.0498. The maximum atomic E-state index is 10.5. The normalized spacial score (nSPS) is 9.33. The molecule has 0 aliphatic carbocycles. The van der Waals surface area contributed by atoms with Crippen LogP contribution in [0.25, 0.3) is 0 Å². The number of anilines is 1. The molecular formula is C15H18BKN2O2-. The summed E-state index contributed by atoms with van der Waals surface area (Å²) in [5.74, 6) is 0.828. The van der Waals surface area contributed by atoms with Gasteiger partial charge in [0.05, 0.1) is 0 Å². The van der Waals surface area contributed by atoms with Gasteiger partial charge in [-0.2, -0.15) is 24.3 Å². The van der Waals surface area contributed by atoms with E-state index >= 15 is 0 Å². The van der Waals surface area contributed by atoms with Crippen LogP contribution >= 0.6 is 0 Å². The van der Waals surface area contributed by atoms with Crippen molar-refractivity contribution >= 4 is 20.0 Å². The summed E-state index contributed by atoms with van der Waals surface area (Å²) in [6.07, 6.45) is 2.62. The monoisotopic (exact) mass is 308 g/mol. The van der Waals surface area contributed by atoms with Crippen molar-refractivity contribution in [3.05, 3.63) is 48.4 Å². The Morgan fingerprint density at radius 3 is 2.19 bits per heavy atom. The predicted octanol–water partition coefficient (Wildman–Crippen LogP) is -0.159. The molecule has 0 atom stereocenters. The molecule has 0 unspecified atom stereocenters. The summed E-state index contributed by atoms with van der Waals surface area (Å²) in [4.78, 5) is 10.5. The zero-order valence-electron chi connectivity index (χ0n) is 13.2. The summed E-state index contributed by atoms with van der Waals surface area (Å²) >= 11 is 0. The summed E-state index contributed by atoms with van der Waals surface area (Å²) in [6.45, 7) is 7.70. The molecule has 0 fully saturated rings. The molecule has 1 aromatic carbocycles. The molecule has 3 radical (unpaired) electrons. The Morgan fingerprint density at radius 2 is 1.86 bits per heavy atom. The SMILES string of the molecule is CC(=O)Nc1cc[c-]cc1.CC(C)(C)c1c[c-]no1.[B].[K+]. The van der Waals surface area contributed by atoms with Crippen molar-refractivity contribution in [3.63, 3.8) is 0 Å². The predicted molar refractivity (Wildman–Crippen MR) is 79.4 cm³/mol. The fourth-order valence-corrected chi connectivity index (χ4v) is 1.21. The third-order valence-corrected chi connectivity index (χ3v) is 2.17. The van der Waals surface area contributed by atoms with Gasteiger partial charge in [-0.1, -0.05) is 26.5 Å². The van der Waals surface area contributed by atoms with Crippen molar-refractivity contribution in [2.75, 3.05) is 5.32 Å². The number of hydrogen-bond donors (Lipinski definition) is 1. The van der Waals surface area contributed by atoms with E-state index in [1.165, 1.54) is 6.92 Å².